The van der Waals surface area contributed by atoms with Crippen molar-refractivity contribution in [1.29, 1.82) is 0 Å². The molecule has 8 nitrogen and oxygen atoms in total. The van der Waals surface area contributed by atoms with Gasteiger partial charge in [-0.15, -0.1) is 10.2 Å². The Bertz CT molecular complexity index is 943. The quantitative estimate of drug-likeness (QED) is 0.701. The Hall–Kier alpha value is -3.16. The molecule has 0 saturated carbocycles. The van der Waals surface area contributed by atoms with E-state index in [1.807, 2.05) is 6.92 Å². The zero-order valence-electron chi connectivity index (χ0n) is 13.8. The fourth-order valence-electron chi connectivity index (χ4n) is 2.58. The summed E-state index contributed by atoms with van der Waals surface area (Å²) >= 11 is 0. The average Bonchev–Trinajstić information content (AvgIpc) is 3.00. The Morgan fingerprint density at radius 3 is 2.64 bits per heavy atom. The zero-order chi connectivity index (χ0) is 17.8. The van der Waals surface area contributed by atoms with Crippen molar-refractivity contribution >= 4 is 11.6 Å². The maximum Gasteiger partial charge on any atom is 0.303 e. The number of benzene rings is 1. The highest BCUT2D eigenvalue weighted by Crippen LogP contribution is 2.14. The molecular formula is C17H18N4O4. The van der Waals surface area contributed by atoms with Crippen LogP contribution in [0.5, 0.6) is 5.75 Å². The maximum absolute atomic E-state index is 12.6. The van der Waals surface area contributed by atoms with E-state index in [1.165, 1.54) is 4.57 Å². The summed E-state index contributed by atoms with van der Waals surface area (Å²) in [5.41, 5.74) is 0.622. The van der Waals surface area contributed by atoms with Gasteiger partial charge in [0.1, 0.15) is 11.6 Å². The smallest absolute Gasteiger partial charge is 0.303 e. The summed E-state index contributed by atoms with van der Waals surface area (Å²) in [6, 6.07) is 7.20. The third-order valence-corrected chi connectivity index (χ3v) is 3.76. The summed E-state index contributed by atoms with van der Waals surface area (Å²) in [7, 11) is 0. The predicted octanol–water partition coefficient (Wildman–Crippen LogP) is 1.69. The highest BCUT2D eigenvalue weighted by molar-refractivity contribution is 5.66. The van der Waals surface area contributed by atoms with E-state index in [2.05, 4.69) is 10.2 Å². The minimum atomic E-state index is -0.855. The number of hydrogen-bond acceptors (Lipinski definition) is 5. The van der Waals surface area contributed by atoms with E-state index in [1.54, 1.807) is 41.1 Å². The van der Waals surface area contributed by atoms with Crippen LogP contribution in [0.2, 0.25) is 0 Å². The Kier molecular flexibility index (Phi) is 4.78. The van der Waals surface area contributed by atoms with E-state index < -0.39 is 5.97 Å². The van der Waals surface area contributed by atoms with Crippen molar-refractivity contribution in [2.24, 2.45) is 0 Å². The van der Waals surface area contributed by atoms with E-state index in [0.29, 0.717) is 31.0 Å². The molecule has 25 heavy (non-hydrogen) atoms. The number of aromatic nitrogens is 4. The van der Waals surface area contributed by atoms with Gasteiger partial charge in [-0.1, -0.05) is 0 Å². The molecule has 0 unspecified atom stereocenters. The summed E-state index contributed by atoms with van der Waals surface area (Å²) in [6.45, 7) is 2.49. The third kappa shape index (κ3) is 3.52. The first-order valence-electron chi connectivity index (χ1n) is 8.00. The normalized spacial score (nSPS) is 10.9. The molecule has 8 heteroatoms. The molecule has 2 aromatic heterocycles. The summed E-state index contributed by atoms with van der Waals surface area (Å²) < 4.78 is 8.49. The van der Waals surface area contributed by atoms with Crippen LogP contribution in [0.25, 0.3) is 11.3 Å². The van der Waals surface area contributed by atoms with Crippen molar-refractivity contribution in [3.63, 3.8) is 0 Å². The molecule has 0 bridgehead atoms. The van der Waals surface area contributed by atoms with Crippen LogP contribution >= 0.6 is 0 Å². The van der Waals surface area contributed by atoms with Crippen LogP contribution in [0.4, 0.5) is 0 Å². The van der Waals surface area contributed by atoms with Crippen LogP contribution in [-0.4, -0.2) is 36.8 Å². The van der Waals surface area contributed by atoms with E-state index in [9.17, 15) is 9.59 Å². The molecule has 1 N–H and O–H groups in total. The van der Waals surface area contributed by atoms with Gasteiger partial charge in [0.2, 0.25) is 5.65 Å². The molecule has 0 fully saturated rings. The zero-order valence-corrected chi connectivity index (χ0v) is 13.8. The van der Waals surface area contributed by atoms with Crippen molar-refractivity contribution < 1.29 is 14.6 Å². The molecule has 130 valence electrons. The first kappa shape index (κ1) is 16.7. The average molecular weight is 342 g/mol. The van der Waals surface area contributed by atoms with Gasteiger partial charge in [-0.3, -0.25) is 18.6 Å². The van der Waals surface area contributed by atoms with Crippen LogP contribution in [0, 0.1) is 0 Å². The molecule has 0 atom stereocenters. The molecule has 0 saturated heterocycles. The van der Waals surface area contributed by atoms with Gasteiger partial charge in [-0.2, -0.15) is 0 Å². The minimum absolute atomic E-state index is 0.0537. The largest absolute Gasteiger partial charge is 0.494 e. The maximum atomic E-state index is 12.6. The van der Waals surface area contributed by atoms with Gasteiger partial charge in [0, 0.05) is 30.9 Å². The molecule has 0 spiro atoms. The number of hydrogen-bond donors (Lipinski definition) is 1. The molecule has 0 amide bonds. The number of aryl methyl sites for hydroxylation is 1. The molecule has 2 heterocycles. The first-order chi connectivity index (χ1) is 12.1. The molecule has 1 aromatic carbocycles. The van der Waals surface area contributed by atoms with Crippen LogP contribution in [0.3, 0.4) is 0 Å². The number of ether oxygens (including phenoxy) is 1. The van der Waals surface area contributed by atoms with Gasteiger partial charge in [0.25, 0.3) is 0 Å². The Balaban J connectivity index is 1.90. The van der Waals surface area contributed by atoms with Gasteiger partial charge in [-0.05, 0) is 37.6 Å². The first-order valence-corrected chi connectivity index (χ1v) is 8.00. The standard InChI is InChI=1S/C17H18N4O4/c1-2-25-13-8-6-12(7-9-13)20-10-11-21-14(4-3-5-15(22)23)18-19-16(21)17(20)24/h6-11H,2-5H2,1H3,(H,22,23). The summed E-state index contributed by atoms with van der Waals surface area (Å²) in [4.78, 5) is 23.3. The van der Waals surface area contributed by atoms with E-state index in [-0.39, 0.29) is 17.6 Å². The number of carboxylic acids is 1. The van der Waals surface area contributed by atoms with Crippen LogP contribution < -0.4 is 10.3 Å². The van der Waals surface area contributed by atoms with Crippen LogP contribution in [-0.2, 0) is 11.2 Å². The second-order valence-corrected chi connectivity index (χ2v) is 5.46. The highest BCUT2D eigenvalue weighted by Gasteiger charge is 2.12. The number of carbonyl (C=O) groups is 1. The van der Waals surface area contributed by atoms with Crippen LogP contribution in [0.1, 0.15) is 25.6 Å². The van der Waals surface area contributed by atoms with Crippen molar-refractivity contribution in [2.45, 2.75) is 26.2 Å². The van der Waals surface area contributed by atoms with E-state index >= 15 is 0 Å². The topological polar surface area (TPSA) is 98.7 Å². The third-order valence-electron chi connectivity index (χ3n) is 3.76. The molecule has 3 rings (SSSR count). The lowest BCUT2D eigenvalue weighted by Crippen LogP contribution is -2.20. The highest BCUT2D eigenvalue weighted by atomic mass is 16.5. The molecule has 0 aliphatic heterocycles. The second kappa shape index (κ2) is 7.16. The number of aliphatic carboxylic acids is 1. The van der Waals surface area contributed by atoms with Gasteiger partial charge in [0.05, 0.1) is 6.61 Å². The van der Waals surface area contributed by atoms with Crippen molar-refractivity contribution in [3.8, 4) is 11.4 Å². The van der Waals surface area contributed by atoms with E-state index in [4.69, 9.17) is 9.84 Å². The molecule has 0 radical (unpaired) electrons. The number of fused-ring (bicyclic) bond motifs is 1. The summed E-state index contributed by atoms with van der Waals surface area (Å²) in [5.74, 6) is 0.461. The lowest BCUT2D eigenvalue weighted by Gasteiger charge is -2.08. The van der Waals surface area contributed by atoms with Crippen molar-refractivity contribution in [1.82, 2.24) is 19.2 Å². The Labute approximate surface area is 143 Å². The minimum Gasteiger partial charge on any atom is -0.494 e. The number of rotatable bonds is 7. The monoisotopic (exact) mass is 342 g/mol. The van der Waals surface area contributed by atoms with Crippen LogP contribution in [0.15, 0.2) is 41.5 Å². The SMILES string of the molecule is CCOc1ccc(-n2ccn3c(CCCC(=O)O)nnc3c2=O)cc1. The second-order valence-electron chi connectivity index (χ2n) is 5.46. The molecule has 0 aliphatic carbocycles. The van der Waals surface area contributed by atoms with Crippen molar-refractivity contribution in [2.75, 3.05) is 6.61 Å². The molecular weight excluding hydrogens is 324 g/mol. The summed E-state index contributed by atoms with van der Waals surface area (Å²) in [5, 5.41) is 16.7. The Morgan fingerprint density at radius 2 is 1.96 bits per heavy atom. The van der Waals surface area contributed by atoms with E-state index in [0.717, 1.165) is 5.75 Å². The Morgan fingerprint density at radius 1 is 1.20 bits per heavy atom. The van der Waals surface area contributed by atoms with Gasteiger partial charge in [0.15, 0.2) is 0 Å². The molecule has 0 aliphatic rings. The fraction of sp³-hybridized carbons (Fsp3) is 0.294. The number of nitrogens with zero attached hydrogens (tertiary/aromatic N) is 4. The predicted molar refractivity (Wildman–Crippen MR) is 90.3 cm³/mol. The van der Waals surface area contributed by atoms with Gasteiger partial charge < -0.3 is 9.84 Å². The van der Waals surface area contributed by atoms with Gasteiger partial charge >= 0.3 is 11.5 Å². The lowest BCUT2D eigenvalue weighted by molar-refractivity contribution is -0.137. The van der Waals surface area contributed by atoms with Crippen molar-refractivity contribution in [3.05, 3.63) is 52.8 Å². The summed E-state index contributed by atoms with van der Waals surface area (Å²) in [6.07, 6.45) is 4.30. The molecule has 3 aromatic rings. The lowest BCUT2D eigenvalue weighted by atomic mass is 10.2. The van der Waals surface area contributed by atoms with Gasteiger partial charge in [-0.25, -0.2) is 0 Å². The fourth-order valence-corrected chi connectivity index (χ4v) is 2.58. The number of carboxylic acid groups (broad SMARTS) is 1.